The lowest BCUT2D eigenvalue weighted by Gasteiger charge is -2.21. The maximum atomic E-state index is 13.9. The zero-order chi connectivity index (χ0) is 14.5. The van der Waals surface area contributed by atoms with Gasteiger partial charge in [0.05, 0.1) is 18.8 Å². The molecule has 0 heterocycles. The van der Waals surface area contributed by atoms with Crippen LogP contribution in [0.25, 0.3) is 0 Å². The molecule has 2 rings (SSSR count). The van der Waals surface area contributed by atoms with Crippen LogP contribution in [0.5, 0.6) is 5.75 Å². The largest absolute Gasteiger partial charge is 0.495 e. The van der Waals surface area contributed by atoms with E-state index in [0.717, 1.165) is 5.69 Å². The first-order valence-electron chi connectivity index (χ1n) is 6.20. The number of methoxy groups -OCH3 is 1. The molecule has 0 aliphatic rings. The van der Waals surface area contributed by atoms with Crippen LogP contribution in [0.4, 0.5) is 10.1 Å². The molecule has 5 heteroatoms. The fourth-order valence-corrected chi connectivity index (χ4v) is 2.18. The van der Waals surface area contributed by atoms with E-state index in [4.69, 9.17) is 22.1 Å². The summed E-state index contributed by atoms with van der Waals surface area (Å²) in [4.78, 5) is 0. The summed E-state index contributed by atoms with van der Waals surface area (Å²) in [7, 11) is 1.58. The number of anilines is 1. The van der Waals surface area contributed by atoms with Crippen molar-refractivity contribution in [2.75, 3.05) is 19.0 Å². The van der Waals surface area contributed by atoms with Crippen LogP contribution in [0, 0.1) is 5.82 Å². The molecule has 0 spiro atoms. The van der Waals surface area contributed by atoms with E-state index < -0.39 is 0 Å². The highest BCUT2D eigenvalue weighted by molar-refractivity contribution is 6.30. The van der Waals surface area contributed by atoms with Crippen molar-refractivity contribution in [3.63, 3.8) is 0 Å². The van der Waals surface area contributed by atoms with Crippen LogP contribution in [0.2, 0.25) is 5.02 Å². The molecule has 3 N–H and O–H groups in total. The van der Waals surface area contributed by atoms with Gasteiger partial charge in [-0.2, -0.15) is 0 Å². The van der Waals surface area contributed by atoms with E-state index in [1.54, 1.807) is 13.2 Å². The second-order valence-corrected chi connectivity index (χ2v) is 4.74. The molecule has 0 aromatic heterocycles. The van der Waals surface area contributed by atoms with Gasteiger partial charge >= 0.3 is 0 Å². The Balaban J connectivity index is 2.31. The Labute approximate surface area is 122 Å². The van der Waals surface area contributed by atoms with Crippen LogP contribution < -0.4 is 15.8 Å². The van der Waals surface area contributed by atoms with Crippen LogP contribution in [-0.2, 0) is 0 Å². The Hall–Kier alpha value is -1.78. The van der Waals surface area contributed by atoms with E-state index in [1.165, 1.54) is 12.1 Å². The minimum atomic E-state index is -0.384. The lowest BCUT2D eigenvalue weighted by Crippen LogP contribution is -2.22. The summed E-state index contributed by atoms with van der Waals surface area (Å²) in [6.07, 6.45) is 0. The van der Waals surface area contributed by atoms with Crippen LogP contribution in [0.15, 0.2) is 42.5 Å². The van der Waals surface area contributed by atoms with Gasteiger partial charge in [-0.3, -0.25) is 0 Å². The number of hydrogen-bond acceptors (Lipinski definition) is 3. The molecule has 20 heavy (non-hydrogen) atoms. The molecule has 0 aliphatic carbocycles. The summed E-state index contributed by atoms with van der Waals surface area (Å²) in [6.45, 7) is 0.231. The van der Waals surface area contributed by atoms with Crippen molar-refractivity contribution in [1.29, 1.82) is 0 Å². The van der Waals surface area contributed by atoms with Crippen molar-refractivity contribution in [3.05, 3.63) is 58.9 Å². The number of para-hydroxylation sites is 2. The van der Waals surface area contributed by atoms with Crippen molar-refractivity contribution in [2.24, 2.45) is 5.73 Å². The second-order valence-electron chi connectivity index (χ2n) is 4.30. The molecule has 2 aromatic rings. The van der Waals surface area contributed by atoms with Gasteiger partial charge in [0.15, 0.2) is 0 Å². The van der Waals surface area contributed by atoms with Crippen LogP contribution >= 0.6 is 11.6 Å². The van der Waals surface area contributed by atoms with Crippen molar-refractivity contribution >= 4 is 17.3 Å². The predicted molar refractivity (Wildman–Crippen MR) is 79.8 cm³/mol. The zero-order valence-corrected chi connectivity index (χ0v) is 11.8. The Bertz CT molecular complexity index is 592. The number of rotatable bonds is 5. The summed E-state index contributed by atoms with van der Waals surface area (Å²) < 4.78 is 19.2. The quantitative estimate of drug-likeness (QED) is 0.886. The Morgan fingerprint density at radius 1 is 1.30 bits per heavy atom. The number of nitrogens with one attached hydrogen (secondary N) is 1. The zero-order valence-electron chi connectivity index (χ0n) is 11.1. The molecule has 0 bridgehead atoms. The van der Waals surface area contributed by atoms with E-state index in [1.807, 2.05) is 24.3 Å². The van der Waals surface area contributed by atoms with Gasteiger partial charge in [0.1, 0.15) is 11.6 Å². The van der Waals surface area contributed by atoms with Gasteiger partial charge in [0.25, 0.3) is 0 Å². The van der Waals surface area contributed by atoms with Gasteiger partial charge in [-0.05, 0) is 30.3 Å². The highest BCUT2D eigenvalue weighted by Gasteiger charge is 2.16. The second kappa shape index (κ2) is 6.59. The summed E-state index contributed by atoms with van der Waals surface area (Å²) >= 11 is 5.92. The maximum absolute atomic E-state index is 13.9. The van der Waals surface area contributed by atoms with Gasteiger partial charge in [-0.25, -0.2) is 4.39 Å². The average molecular weight is 295 g/mol. The first kappa shape index (κ1) is 14.6. The third kappa shape index (κ3) is 3.21. The van der Waals surface area contributed by atoms with E-state index in [-0.39, 0.29) is 18.4 Å². The number of ether oxygens (including phenoxy) is 1. The maximum Gasteiger partial charge on any atom is 0.141 e. The standard InChI is InChI=1S/C15H16ClFN2O/c1-20-15-5-3-2-4-13(15)19-14(9-18)11-8-10(16)6-7-12(11)17/h2-8,14,19H,9,18H2,1H3. The monoisotopic (exact) mass is 294 g/mol. The summed E-state index contributed by atoms with van der Waals surface area (Å²) in [6, 6.07) is 11.4. The van der Waals surface area contributed by atoms with Gasteiger partial charge in [-0.1, -0.05) is 23.7 Å². The molecule has 1 unspecified atom stereocenters. The number of nitrogens with two attached hydrogens (primary N) is 1. The smallest absolute Gasteiger partial charge is 0.141 e. The minimum Gasteiger partial charge on any atom is -0.495 e. The Morgan fingerprint density at radius 3 is 2.75 bits per heavy atom. The molecule has 0 amide bonds. The summed E-state index contributed by atoms with van der Waals surface area (Å²) in [5, 5.41) is 3.66. The number of benzene rings is 2. The van der Waals surface area contributed by atoms with Crippen molar-refractivity contribution in [2.45, 2.75) is 6.04 Å². The molecule has 3 nitrogen and oxygen atoms in total. The molecule has 1 atom stereocenters. The molecule has 0 fully saturated rings. The van der Waals surface area contributed by atoms with Crippen LogP contribution in [0.1, 0.15) is 11.6 Å². The topological polar surface area (TPSA) is 47.3 Å². The molecule has 106 valence electrons. The first-order valence-corrected chi connectivity index (χ1v) is 6.58. The Morgan fingerprint density at radius 2 is 2.05 bits per heavy atom. The highest BCUT2D eigenvalue weighted by Crippen LogP contribution is 2.29. The first-order chi connectivity index (χ1) is 9.65. The minimum absolute atomic E-state index is 0.231. The van der Waals surface area contributed by atoms with Crippen LogP contribution in [0.3, 0.4) is 0 Å². The lowest BCUT2D eigenvalue weighted by atomic mass is 10.1. The van der Waals surface area contributed by atoms with Crippen molar-refractivity contribution in [3.8, 4) is 5.75 Å². The molecule has 0 aliphatic heterocycles. The van der Waals surface area contributed by atoms with E-state index in [2.05, 4.69) is 5.32 Å². The van der Waals surface area contributed by atoms with Gasteiger partial charge in [0, 0.05) is 17.1 Å². The summed E-state index contributed by atoms with van der Waals surface area (Å²) in [5.74, 6) is 0.334. The van der Waals surface area contributed by atoms with Crippen molar-refractivity contribution in [1.82, 2.24) is 0 Å². The molecule has 0 saturated carbocycles. The molecule has 0 radical (unpaired) electrons. The third-order valence-corrected chi connectivity index (χ3v) is 3.24. The van der Waals surface area contributed by atoms with Gasteiger partial charge in [0.2, 0.25) is 0 Å². The molecule has 2 aromatic carbocycles. The number of halogens is 2. The number of hydrogen-bond donors (Lipinski definition) is 2. The van der Waals surface area contributed by atoms with Crippen molar-refractivity contribution < 1.29 is 9.13 Å². The highest BCUT2D eigenvalue weighted by atomic mass is 35.5. The molecular weight excluding hydrogens is 279 g/mol. The Kier molecular flexibility index (Phi) is 4.82. The van der Waals surface area contributed by atoms with E-state index in [0.29, 0.717) is 16.3 Å². The van der Waals surface area contributed by atoms with Crippen LogP contribution in [-0.4, -0.2) is 13.7 Å². The van der Waals surface area contributed by atoms with E-state index in [9.17, 15) is 4.39 Å². The average Bonchev–Trinajstić information content (AvgIpc) is 2.48. The molecule has 0 saturated heterocycles. The summed E-state index contributed by atoms with van der Waals surface area (Å²) in [5.41, 5.74) is 6.94. The van der Waals surface area contributed by atoms with Gasteiger partial charge < -0.3 is 15.8 Å². The fraction of sp³-hybridized carbons (Fsp3) is 0.200. The lowest BCUT2D eigenvalue weighted by molar-refractivity contribution is 0.416. The fourth-order valence-electron chi connectivity index (χ4n) is 2.00. The SMILES string of the molecule is COc1ccccc1NC(CN)c1cc(Cl)ccc1F. The van der Waals surface area contributed by atoms with E-state index >= 15 is 0 Å². The van der Waals surface area contributed by atoms with Gasteiger partial charge in [-0.15, -0.1) is 0 Å². The molecular formula is C15H16ClFN2O. The normalized spacial score (nSPS) is 12.0. The third-order valence-electron chi connectivity index (χ3n) is 3.01. The predicted octanol–water partition coefficient (Wildman–Crippen LogP) is 3.60.